The van der Waals surface area contributed by atoms with Crippen molar-refractivity contribution in [3.63, 3.8) is 0 Å². The fourth-order valence-electron chi connectivity index (χ4n) is 1.38. The van der Waals surface area contributed by atoms with Gasteiger partial charge in [0.2, 0.25) is 0 Å². The molecule has 0 aliphatic carbocycles. The fraction of sp³-hybridized carbons (Fsp3) is 0.333. The van der Waals surface area contributed by atoms with Crippen LogP contribution in [0, 0.1) is 0 Å². The largest absolute Gasteiger partial charge is 0.389 e. The van der Waals surface area contributed by atoms with Crippen LogP contribution >= 0.6 is 39.2 Å². The average Bonchev–Trinajstić information content (AvgIpc) is 2.79. The Kier molecular flexibility index (Phi) is 4.77. The van der Waals surface area contributed by atoms with Crippen molar-refractivity contribution in [2.24, 2.45) is 0 Å². The van der Waals surface area contributed by atoms with Crippen molar-refractivity contribution >= 4 is 39.2 Å². The SMILES string of the molecule is CCc1nsc(Sc2ccc(C(C)O)cc2Br)n1. The van der Waals surface area contributed by atoms with E-state index >= 15 is 0 Å². The van der Waals surface area contributed by atoms with Crippen molar-refractivity contribution in [3.8, 4) is 0 Å². The summed E-state index contributed by atoms with van der Waals surface area (Å²) in [6.07, 6.45) is 0.410. The van der Waals surface area contributed by atoms with Gasteiger partial charge in [-0.2, -0.15) is 4.37 Å². The number of benzene rings is 1. The molecule has 1 aromatic carbocycles. The summed E-state index contributed by atoms with van der Waals surface area (Å²) in [4.78, 5) is 5.50. The van der Waals surface area contributed by atoms with E-state index in [2.05, 4.69) is 25.3 Å². The Hall–Kier alpha value is -0.430. The molecule has 18 heavy (non-hydrogen) atoms. The van der Waals surface area contributed by atoms with Gasteiger partial charge < -0.3 is 5.11 Å². The third-order valence-corrected chi connectivity index (χ3v) is 5.18. The van der Waals surface area contributed by atoms with Crippen molar-refractivity contribution in [2.45, 2.75) is 35.6 Å². The molecule has 1 aromatic heterocycles. The topological polar surface area (TPSA) is 46.0 Å². The lowest BCUT2D eigenvalue weighted by molar-refractivity contribution is 0.199. The van der Waals surface area contributed by atoms with Gasteiger partial charge in [0, 0.05) is 15.8 Å². The van der Waals surface area contributed by atoms with E-state index in [-0.39, 0.29) is 0 Å². The van der Waals surface area contributed by atoms with Gasteiger partial charge in [-0.1, -0.05) is 24.8 Å². The van der Waals surface area contributed by atoms with E-state index in [0.717, 1.165) is 31.5 Å². The first-order chi connectivity index (χ1) is 8.60. The highest BCUT2D eigenvalue weighted by Crippen LogP contribution is 2.35. The van der Waals surface area contributed by atoms with Gasteiger partial charge in [-0.15, -0.1) is 0 Å². The van der Waals surface area contributed by atoms with Crippen LogP contribution in [0.5, 0.6) is 0 Å². The molecule has 96 valence electrons. The first-order valence-electron chi connectivity index (χ1n) is 5.58. The van der Waals surface area contributed by atoms with Crippen LogP contribution in [0.4, 0.5) is 0 Å². The van der Waals surface area contributed by atoms with Crippen LogP contribution in [0.1, 0.15) is 31.3 Å². The highest BCUT2D eigenvalue weighted by atomic mass is 79.9. The third kappa shape index (κ3) is 3.32. The second-order valence-corrected chi connectivity index (χ2v) is 6.69. The summed E-state index contributed by atoms with van der Waals surface area (Å²) < 4.78 is 6.17. The Morgan fingerprint density at radius 2 is 2.28 bits per heavy atom. The lowest BCUT2D eigenvalue weighted by Gasteiger charge is -2.07. The minimum Gasteiger partial charge on any atom is -0.389 e. The summed E-state index contributed by atoms with van der Waals surface area (Å²) in [5.41, 5.74) is 0.901. The van der Waals surface area contributed by atoms with Gasteiger partial charge in [0.1, 0.15) is 5.82 Å². The minimum absolute atomic E-state index is 0.450. The lowest BCUT2D eigenvalue weighted by atomic mass is 10.1. The Bertz CT molecular complexity index is 543. The maximum atomic E-state index is 9.52. The van der Waals surface area contributed by atoms with Gasteiger partial charge in [0.25, 0.3) is 0 Å². The number of aliphatic hydroxyl groups is 1. The maximum Gasteiger partial charge on any atom is 0.174 e. The molecule has 3 nitrogen and oxygen atoms in total. The van der Waals surface area contributed by atoms with E-state index in [9.17, 15) is 5.11 Å². The fourth-order valence-corrected chi connectivity index (χ4v) is 3.68. The minimum atomic E-state index is -0.450. The molecular formula is C12H13BrN2OS2. The molecule has 1 heterocycles. The second kappa shape index (κ2) is 6.14. The number of aromatic nitrogens is 2. The standard InChI is InChI=1S/C12H13BrN2OS2/c1-3-11-14-12(18-15-11)17-10-5-4-8(7(2)16)6-9(10)13/h4-7,16H,3H2,1-2H3. The summed E-state index contributed by atoms with van der Waals surface area (Å²) in [5, 5.41) is 9.52. The molecule has 2 aromatic rings. The van der Waals surface area contributed by atoms with Crippen molar-refractivity contribution < 1.29 is 5.11 Å². The summed E-state index contributed by atoms with van der Waals surface area (Å²) >= 11 is 6.53. The predicted molar refractivity (Wildman–Crippen MR) is 78.2 cm³/mol. The van der Waals surface area contributed by atoms with Crippen LogP contribution in [0.2, 0.25) is 0 Å². The number of hydrogen-bond donors (Lipinski definition) is 1. The van der Waals surface area contributed by atoms with E-state index in [4.69, 9.17) is 0 Å². The first-order valence-corrected chi connectivity index (χ1v) is 7.96. The third-order valence-electron chi connectivity index (χ3n) is 2.40. The summed E-state index contributed by atoms with van der Waals surface area (Å²) in [7, 11) is 0. The molecule has 6 heteroatoms. The molecule has 0 saturated heterocycles. The number of aryl methyl sites for hydroxylation is 1. The van der Waals surface area contributed by atoms with Crippen molar-refractivity contribution in [1.82, 2.24) is 9.36 Å². The molecule has 0 amide bonds. The zero-order valence-corrected chi connectivity index (χ0v) is 13.3. The number of nitrogens with zero attached hydrogens (tertiary/aromatic N) is 2. The van der Waals surface area contributed by atoms with Crippen molar-refractivity contribution in [3.05, 3.63) is 34.1 Å². The zero-order chi connectivity index (χ0) is 13.1. The quantitative estimate of drug-likeness (QED) is 0.907. The van der Waals surface area contributed by atoms with E-state index in [1.807, 2.05) is 25.1 Å². The van der Waals surface area contributed by atoms with Gasteiger partial charge in [-0.25, -0.2) is 4.98 Å². The van der Waals surface area contributed by atoms with Crippen LogP contribution in [-0.2, 0) is 6.42 Å². The van der Waals surface area contributed by atoms with Gasteiger partial charge in [0.05, 0.1) is 6.10 Å². The molecule has 0 saturated carbocycles. The van der Waals surface area contributed by atoms with Crippen LogP contribution in [0.15, 0.2) is 31.9 Å². The molecule has 1 unspecified atom stereocenters. The normalized spacial score (nSPS) is 12.7. The lowest BCUT2D eigenvalue weighted by Crippen LogP contribution is -1.90. The summed E-state index contributed by atoms with van der Waals surface area (Å²) in [5.74, 6) is 0.888. The second-order valence-electron chi connectivity index (χ2n) is 3.80. The molecule has 0 aliphatic heterocycles. The Morgan fingerprint density at radius 3 is 2.83 bits per heavy atom. The molecule has 2 rings (SSSR count). The van der Waals surface area contributed by atoms with E-state index in [0.29, 0.717) is 0 Å². The molecule has 0 aliphatic rings. The van der Waals surface area contributed by atoms with Crippen molar-refractivity contribution in [1.29, 1.82) is 0 Å². The Morgan fingerprint density at radius 1 is 1.50 bits per heavy atom. The number of rotatable bonds is 4. The molecule has 0 fully saturated rings. The summed E-state index contributed by atoms with van der Waals surface area (Å²) in [6, 6.07) is 5.86. The number of hydrogen-bond acceptors (Lipinski definition) is 5. The van der Waals surface area contributed by atoms with Gasteiger partial charge >= 0.3 is 0 Å². The molecular weight excluding hydrogens is 332 g/mol. The molecule has 0 radical (unpaired) electrons. The van der Waals surface area contributed by atoms with E-state index in [1.54, 1.807) is 18.7 Å². The predicted octanol–water partition coefficient (Wildman–Crippen LogP) is 4.07. The first kappa shape index (κ1) is 14.0. The molecule has 0 bridgehead atoms. The maximum absolute atomic E-state index is 9.52. The Labute approximate surface area is 123 Å². The van der Waals surface area contributed by atoms with Crippen molar-refractivity contribution in [2.75, 3.05) is 0 Å². The zero-order valence-electron chi connectivity index (χ0n) is 10.1. The summed E-state index contributed by atoms with van der Waals surface area (Å²) in [6.45, 7) is 3.80. The van der Waals surface area contributed by atoms with Crippen LogP contribution in [0.3, 0.4) is 0 Å². The highest BCUT2D eigenvalue weighted by molar-refractivity contribution is 9.10. The molecule has 1 N–H and O–H groups in total. The van der Waals surface area contributed by atoms with Crippen LogP contribution < -0.4 is 0 Å². The van der Waals surface area contributed by atoms with Crippen LogP contribution in [-0.4, -0.2) is 14.5 Å². The van der Waals surface area contributed by atoms with Gasteiger partial charge in [-0.05, 0) is 52.1 Å². The smallest absolute Gasteiger partial charge is 0.174 e. The van der Waals surface area contributed by atoms with Gasteiger partial charge in [0.15, 0.2) is 4.34 Å². The van der Waals surface area contributed by atoms with Gasteiger partial charge in [-0.3, -0.25) is 0 Å². The monoisotopic (exact) mass is 344 g/mol. The number of halogens is 1. The highest BCUT2D eigenvalue weighted by Gasteiger charge is 2.09. The number of aliphatic hydroxyl groups excluding tert-OH is 1. The molecule has 1 atom stereocenters. The average molecular weight is 345 g/mol. The Balaban J connectivity index is 2.19. The molecule has 0 spiro atoms. The van der Waals surface area contributed by atoms with E-state index < -0.39 is 6.10 Å². The van der Waals surface area contributed by atoms with E-state index in [1.165, 1.54) is 11.5 Å². The van der Waals surface area contributed by atoms with Crippen LogP contribution in [0.25, 0.3) is 0 Å².